The fraction of sp³-hybridized carbons (Fsp3) is 0.429. The predicted octanol–water partition coefficient (Wildman–Crippen LogP) is 3.16. The summed E-state index contributed by atoms with van der Waals surface area (Å²) in [5.41, 5.74) is 7.21. The minimum Gasteiger partial charge on any atom is -0.399 e. The van der Waals surface area contributed by atoms with Crippen molar-refractivity contribution in [1.82, 2.24) is 19.4 Å². The van der Waals surface area contributed by atoms with Crippen molar-refractivity contribution in [3.8, 4) is 0 Å². The molecule has 3 aromatic rings. The second-order valence-electron chi connectivity index (χ2n) is 10.7. The molecule has 3 amide bonds. The summed E-state index contributed by atoms with van der Waals surface area (Å²) in [6.07, 6.45) is 3.57. The van der Waals surface area contributed by atoms with Crippen molar-refractivity contribution in [3.05, 3.63) is 68.9 Å². The molecule has 0 radical (unpaired) electrons. The zero-order chi connectivity index (χ0) is 27.0. The summed E-state index contributed by atoms with van der Waals surface area (Å²) in [6.45, 7) is 5.19. The Balaban J connectivity index is 1.33. The van der Waals surface area contributed by atoms with Crippen LogP contribution in [0.2, 0.25) is 0 Å². The lowest BCUT2D eigenvalue weighted by atomic mass is 10.1. The molecule has 1 saturated heterocycles. The molecule has 38 heavy (non-hydrogen) atoms. The number of piperidine rings is 1. The summed E-state index contributed by atoms with van der Waals surface area (Å²) in [4.78, 5) is 53.8. The number of nitrogens with two attached hydrogens (primary N) is 1. The van der Waals surface area contributed by atoms with E-state index in [2.05, 4.69) is 10.6 Å². The summed E-state index contributed by atoms with van der Waals surface area (Å²) < 4.78 is 2.98. The largest absolute Gasteiger partial charge is 0.399 e. The Hall–Kier alpha value is -4.08. The molecule has 0 bridgehead atoms. The number of aromatic nitrogens is 2. The molecule has 1 aliphatic heterocycles. The molecule has 200 valence electrons. The van der Waals surface area contributed by atoms with Gasteiger partial charge in [0.05, 0.1) is 10.9 Å². The topological polar surface area (TPSA) is 131 Å². The number of likely N-dealkylation sites (tertiary alicyclic amines) is 1. The van der Waals surface area contributed by atoms with Gasteiger partial charge in [-0.05, 0) is 81.8 Å². The normalized spacial score (nSPS) is 17.6. The summed E-state index contributed by atoms with van der Waals surface area (Å²) in [7, 11) is 0. The molecule has 10 nitrogen and oxygen atoms in total. The number of carbonyl (C=O) groups is 2. The molecule has 1 saturated carbocycles. The molecule has 2 aromatic carbocycles. The number of hydrogen-bond acceptors (Lipinski definition) is 5. The maximum Gasteiger partial charge on any atom is 0.331 e. The van der Waals surface area contributed by atoms with Crippen LogP contribution in [0.15, 0.2) is 52.1 Å². The number of nitrogens with zero attached hydrogens (tertiary/aromatic N) is 3. The van der Waals surface area contributed by atoms with E-state index in [-0.39, 0.29) is 35.3 Å². The van der Waals surface area contributed by atoms with Gasteiger partial charge in [0, 0.05) is 48.7 Å². The molecule has 1 atom stereocenters. The van der Waals surface area contributed by atoms with Crippen LogP contribution in [0.1, 0.15) is 55.9 Å². The molecule has 0 unspecified atom stereocenters. The Morgan fingerprint density at radius 3 is 2.58 bits per heavy atom. The highest BCUT2D eigenvalue weighted by Crippen LogP contribution is 2.30. The monoisotopic (exact) mass is 518 g/mol. The number of nitrogens with one attached hydrogen (secondary N) is 2. The van der Waals surface area contributed by atoms with Gasteiger partial charge >= 0.3 is 11.7 Å². The third-order valence-corrected chi connectivity index (χ3v) is 7.27. The van der Waals surface area contributed by atoms with Crippen LogP contribution in [0.4, 0.5) is 16.2 Å². The quantitative estimate of drug-likeness (QED) is 0.432. The SMILES string of the molecule is CC(C)n1c(=O)n(CC2CC2)c(=O)c2cc(NC(=O)N3CCC[C@@H](NC(=O)c4cccc(N)c4)C3)ccc21. The van der Waals surface area contributed by atoms with Crippen molar-refractivity contribution in [1.29, 1.82) is 0 Å². The van der Waals surface area contributed by atoms with Crippen molar-refractivity contribution in [2.45, 2.75) is 58.2 Å². The van der Waals surface area contributed by atoms with E-state index in [0.717, 1.165) is 25.7 Å². The second-order valence-corrected chi connectivity index (χ2v) is 10.7. The van der Waals surface area contributed by atoms with E-state index in [4.69, 9.17) is 5.73 Å². The van der Waals surface area contributed by atoms with Gasteiger partial charge in [-0.3, -0.25) is 18.7 Å². The Morgan fingerprint density at radius 1 is 1.08 bits per heavy atom. The van der Waals surface area contributed by atoms with E-state index in [1.54, 1.807) is 51.9 Å². The van der Waals surface area contributed by atoms with Gasteiger partial charge in [0.15, 0.2) is 0 Å². The minimum absolute atomic E-state index is 0.121. The highest BCUT2D eigenvalue weighted by molar-refractivity contribution is 5.95. The molecule has 1 aromatic heterocycles. The van der Waals surface area contributed by atoms with Crippen molar-refractivity contribution in [3.63, 3.8) is 0 Å². The first-order valence-corrected chi connectivity index (χ1v) is 13.2. The lowest BCUT2D eigenvalue weighted by Crippen LogP contribution is -2.50. The van der Waals surface area contributed by atoms with Crippen LogP contribution < -0.4 is 27.6 Å². The minimum atomic E-state index is -0.327. The second kappa shape index (κ2) is 10.4. The summed E-state index contributed by atoms with van der Waals surface area (Å²) in [5.74, 6) is 0.144. The third kappa shape index (κ3) is 5.29. The first-order valence-electron chi connectivity index (χ1n) is 13.2. The lowest BCUT2D eigenvalue weighted by Gasteiger charge is -2.33. The van der Waals surface area contributed by atoms with Crippen LogP contribution in [-0.2, 0) is 6.54 Å². The van der Waals surface area contributed by atoms with Crippen LogP contribution >= 0.6 is 0 Å². The highest BCUT2D eigenvalue weighted by atomic mass is 16.2. The number of fused-ring (bicyclic) bond motifs is 1. The Kier molecular flexibility index (Phi) is 6.96. The van der Waals surface area contributed by atoms with Gasteiger partial charge < -0.3 is 21.3 Å². The first kappa shape index (κ1) is 25.6. The van der Waals surface area contributed by atoms with Crippen molar-refractivity contribution < 1.29 is 9.59 Å². The van der Waals surface area contributed by atoms with E-state index in [1.165, 1.54) is 4.57 Å². The number of carbonyl (C=O) groups excluding carboxylic acids is 2. The molecule has 5 rings (SSSR count). The van der Waals surface area contributed by atoms with Gasteiger partial charge in [0.1, 0.15) is 0 Å². The lowest BCUT2D eigenvalue weighted by molar-refractivity contribution is 0.0913. The molecule has 2 heterocycles. The van der Waals surface area contributed by atoms with Crippen LogP contribution in [0.25, 0.3) is 10.9 Å². The molecule has 1 aliphatic carbocycles. The Labute approximate surface area is 220 Å². The molecular weight excluding hydrogens is 484 g/mol. The Bertz CT molecular complexity index is 1500. The average molecular weight is 519 g/mol. The number of rotatable bonds is 6. The standard InChI is InChI=1S/C28H34N6O4/c1-17(2)34-24-11-10-21(14-23(24)26(36)33(28(34)38)15-18-8-9-18)31-27(37)32-12-4-7-22(16-32)30-25(35)19-5-3-6-20(29)13-19/h3,5-6,10-11,13-14,17-18,22H,4,7-9,12,15-16,29H2,1-2H3,(H,30,35)(H,31,37)/t22-/m1/s1. The van der Waals surface area contributed by atoms with Crippen LogP contribution in [0.3, 0.4) is 0 Å². The van der Waals surface area contributed by atoms with Crippen molar-refractivity contribution in [2.24, 2.45) is 5.92 Å². The van der Waals surface area contributed by atoms with E-state index in [9.17, 15) is 19.2 Å². The molecule has 2 fully saturated rings. The van der Waals surface area contributed by atoms with Crippen molar-refractivity contribution >= 4 is 34.2 Å². The number of anilines is 2. The maximum absolute atomic E-state index is 13.3. The molecular formula is C28H34N6O4. The summed E-state index contributed by atoms with van der Waals surface area (Å²) in [6, 6.07) is 11.3. The third-order valence-electron chi connectivity index (χ3n) is 7.27. The van der Waals surface area contributed by atoms with Gasteiger partial charge in [-0.2, -0.15) is 0 Å². The number of urea groups is 1. The highest BCUT2D eigenvalue weighted by Gasteiger charge is 2.27. The fourth-order valence-electron chi connectivity index (χ4n) is 5.11. The number of nitrogen functional groups attached to an aromatic ring is 1. The smallest absolute Gasteiger partial charge is 0.331 e. The number of amides is 3. The van der Waals surface area contributed by atoms with E-state index < -0.39 is 0 Å². The van der Waals surface area contributed by atoms with Crippen LogP contribution in [0.5, 0.6) is 0 Å². The summed E-state index contributed by atoms with van der Waals surface area (Å²) in [5, 5.41) is 6.31. The molecule has 4 N–H and O–H groups in total. The first-order chi connectivity index (χ1) is 18.2. The van der Waals surface area contributed by atoms with Gasteiger partial charge in [0.25, 0.3) is 11.5 Å². The zero-order valence-corrected chi connectivity index (χ0v) is 21.8. The maximum atomic E-state index is 13.3. The van der Waals surface area contributed by atoms with Gasteiger partial charge in [0.2, 0.25) is 0 Å². The number of benzene rings is 2. The Morgan fingerprint density at radius 2 is 1.87 bits per heavy atom. The number of hydrogen-bond donors (Lipinski definition) is 3. The fourth-order valence-corrected chi connectivity index (χ4v) is 5.11. The molecule has 10 heteroatoms. The van der Waals surface area contributed by atoms with E-state index in [0.29, 0.717) is 53.4 Å². The predicted molar refractivity (Wildman–Crippen MR) is 148 cm³/mol. The molecule has 0 spiro atoms. The van der Waals surface area contributed by atoms with Gasteiger partial charge in [-0.15, -0.1) is 0 Å². The van der Waals surface area contributed by atoms with Crippen molar-refractivity contribution in [2.75, 3.05) is 24.1 Å². The average Bonchev–Trinajstić information content (AvgIpc) is 3.71. The summed E-state index contributed by atoms with van der Waals surface area (Å²) >= 11 is 0. The van der Waals surface area contributed by atoms with Gasteiger partial charge in [-0.25, -0.2) is 9.59 Å². The zero-order valence-electron chi connectivity index (χ0n) is 21.8. The van der Waals surface area contributed by atoms with Crippen LogP contribution in [0, 0.1) is 5.92 Å². The van der Waals surface area contributed by atoms with Gasteiger partial charge in [-0.1, -0.05) is 6.07 Å². The van der Waals surface area contributed by atoms with E-state index in [1.807, 2.05) is 13.8 Å². The molecule has 2 aliphatic rings. The van der Waals surface area contributed by atoms with Crippen LogP contribution in [-0.4, -0.2) is 45.1 Å². The van der Waals surface area contributed by atoms with E-state index >= 15 is 0 Å².